The van der Waals surface area contributed by atoms with Crippen LogP contribution < -0.4 is 5.32 Å². The Morgan fingerprint density at radius 3 is 2.28 bits per heavy atom. The third-order valence-corrected chi connectivity index (χ3v) is 10.6. The summed E-state index contributed by atoms with van der Waals surface area (Å²) in [6, 6.07) is 7.74. The van der Waals surface area contributed by atoms with Gasteiger partial charge in [0.25, 0.3) is 19.9 Å². The van der Waals surface area contributed by atoms with Crippen molar-refractivity contribution in [2.24, 2.45) is 0 Å². The Morgan fingerprint density at radius 1 is 1.06 bits per heavy atom. The van der Waals surface area contributed by atoms with Crippen molar-refractivity contribution in [3.05, 3.63) is 66.6 Å². The van der Waals surface area contributed by atoms with E-state index in [9.17, 15) is 30.0 Å². The fourth-order valence-electron chi connectivity index (χ4n) is 3.86. The van der Waals surface area contributed by atoms with Crippen molar-refractivity contribution in [3.8, 4) is 0 Å². The Balaban J connectivity index is 1.62. The molecule has 3 rings (SSSR count). The van der Waals surface area contributed by atoms with Gasteiger partial charge < -0.3 is 5.32 Å². The van der Waals surface area contributed by atoms with Gasteiger partial charge in [-0.1, -0.05) is 18.2 Å². The van der Waals surface area contributed by atoms with Crippen LogP contribution in [-0.2, 0) is 26.4 Å². The quantitative estimate of drug-likeness (QED) is 0.406. The van der Waals surface area contributed by atoms with Crippen LogP contribution in [0.15, 0.2) is 70.8 Å². The van der Waals surface area contributed by atoms with E-state index in [0.717, 1.165) is 17.0 Å². The Morgan fingerprint density at radius 2 is 1.69 bits per heavy atom. The van der Waals surface area contributed by atoms with Crippen LogP contribution in [-0.4, -0.2) is 63.8 Å². The fraction of sp³-hybridized carbons (Fsp3) is 0.391. The first-order chi connectivity index (χ1) is 16.9. The summed E-state index contributed by atoms with van der Waals surface area (Å²) in [6.07, 6.45) is 4.39. The highest BCUT2D eigenvalue weighted by Gasteiger charge is 2.47. The molecular formula is C23H28F3N3O4S3. The zero-order valence-corrected chi connectivity index (χ0v) is 21.9. The Kier molecular flexibility index (Phi) is 9.04. The number of halogens is 3. The number of nitrogens with zero attached hydrogens (tertiary/aromatic N) is 2. The molecule has 0 unspecified atom stereocenters. The van der Waals surface area contributed by atoms with Crippen molar-refractivity contribution < 1.29 is 30.0 Å². The maximum Gasteiger partial charge on any atom is 0.501 e. The molecule has 1 aliphatic rings. The van der Waals surface area contributed by atoms with Crippen molar-refractivity contribution in [1.82, 2.24) is 9.21 Å². The van der Waals surface area contributed by atoms with E-state index >= 15 is 0 Å². The highest BCUT2D eigenvalue weighted by atomic mass is 32.2. The molecule has 0 atom stereocenters. The first kappa shape index (κ1) is 28.4. The van der Waals surface area contributed by atoms with E-state index < -0.39 is 30.3 Å². The van der Waals surface area contributed by atoms with Gasteiger partial charge in [-0.15, -0.1) is 24.5 Å². The zero-order valence-electron chi connectivity index (χ0n) is 19.4. The topological polar surface area (TPSA) is 86.8 Å². The minimum Gasteiger partial charge on any atom is -0.382 e. The maximum atomic E-state index is 13.1. The van der Waals surface area contributed by atoms with Crippen LogP contribution in [0, 0.1) is 0 Å². The molecule has 1 saturated heterocycles. The lowest BCUT2D eigenvalue weighted by Crippen LogP contribution is -2.42. The standard InChI is InChI=1S/C23H28F3N3O4S3/c1-3-12-28(13-4-2)17-20-8-9-22(34-20)36(32,33)29-14-10-18(11-15-29)27-19-6-5-7-21(16-19)35(30,31)23(24,25)26/h3-9,16,18,27H,1-2,10-15,17H2. The predicted octanol–water partition coefficient (Wildman–Crippen LogP) is 4.48. The number of nitrogens with one attached hydrogen (secondary N) is 1. The number of piperidine rings is 1. The lowest BCUT2D eigenvalue weighted by atomic mass is 10.1. The van der Waals surface area contributed by atoms with Gasteiger partial charge in [-0.3, -0.25) is 4.90 Å². The van der Waals surface area contributed by atoms with Crippen LogP contribution in [0.4, 0.5) is 18.9 Å². The molecule has 1 fully saturated rings. The first-order valence-electron chi connectivity index (χ1n) is 11.1. The second-order valence-electron chi connectivity index (χ2n) is 8.29. The second kappa shape index (κ2) is 11.5. The van der Waals surface area contributed by atoms with E-state index in [4.69, 9.17) is 0 Å². The molecule has 0 aliphatic carbocycles. The van der Waals surface area contributed by atoms with Crippen LogP contribution in [0.5, 0.6) is 0 Å². The summed E-state index contributed by atoms with van der Waals surface area (Å²) in [4.78, 5) is 2.14. The molecule has 0 amide bonds. The van der Waals surface area contributed by atoms with Crippen molar-refractivity contribution >= 4 is 36.9 Å². The second-order valence-corrected chi connectivity index (χ2v) is 13.6. The average molecular weight is 564 g/mol. The summed E-state index contributed by atoms with van der Waals surface area (Å²) in [5, 5.41) is 3.03. The van der Waals surface area contributed by atoms with Gasteiger partial charge in [0.1, 0.15) is 4.21 Å². The molecule has 13 heteroatoms. The molecule has 1 N–H and O–H groups in total. The smallest absolute Gasteiger partial charge is 0.382 e. The SMILES string of the molecule is C=CCN(CC=C)Cc1ccc(S(=O)(=O)N2CCC(Nc3cccc(S(=O)(=O)C(F)(F)F)c3)CC2)s1. The summed E-state index contributed by atoms with van der Waals surface area (Å²) in [6.45, 7) is 9.81. The number of alkyl halides is 3. The van der Waals surface area contributed by atoms with E-state index in [1.165, 1.54) is 27.8 Å². The molecule has 198 valence electrons. The van der Waals surface area contributed by atoms with Gasteiger partial charge in [-0.2, -0.15) is 17.5 Å². The number of sulfone groups is 1. The van der Waals surface area contributed by atoms with Gasteiger partial charge in [0, 0.05) is 49.3 Å². The van der Waals surface area contributed by atoms with Gasteiger partial charge in [-0.05, 0) is 43.2 Å². The normalized spacial score (nSPS) is 16.2. The number of sulfonamides is 1. The minimum absolute atomic E-state index is 0.217. The third kappa shape index (κ3) is 6.57. The average Bonchev–Trinajstić information content (AvgIpc) is 3.29. The molecule has 0 bridgehead atoms. The predicted molar refractivity (Wildman–Crippen MR) is 135 cm³/mol. The Hall–Kier alpha value is -2.19. The minimum atomic E-state index is -5.45. The number of thiophene rings is 1. The van der Waals surface area contributed by atoms with E-state index in [-0.39, 0.29) is 29.0 Å². The molecule has 2 heterocycles. The highest BCUT2D eigenvalue weighted by Crippen LogP contribution is 2.32. The lowest BCUT2D eigenvalue weighted by Gasteiger charge is -2.31. The first-order valence-corrected chi connectivity index (χ1v) is 14.8. The molecule has 2 aromatic rings. The molecule has 0 radical (unpaired) electrons. The van der Waals surface area contributed by atoms with Crippen LogP contribution in [0.2, 0.25) is 0 Å². The Bertz CT molecular complexity index is 1270. The summed E-state index contributed by atoms with van der Waals surface area (Å²) < 4.78 is 89.9. The van der Waals surface area contributed by atoms with E-state index in [2.05, 4.69) is 23.4 Å². The van der Waals surface area contributed by atoms with Gasteiger partial charge in [0.2, 0.25) is 0 Å². The van der Waals surface area contributed by atoms with Crippen molar-refractivity contribution in [1.29, 1.82) is 0 Å². The molecule has 0 saturated carbocycles. The molecule has 1 aromatic carbocycles. The number of hydrogen-bond acceptors (Lipinski definition) is 7. The van der Waals surface area contributed by atoms with Crippen molar-refractivity contribution in [3.63, 3.8) is 0 Å². The van der Waals surface area contributed by atoms with Crippen molar-refractivity contribution in [2.45, 2.75) is 40.0 Å². The number of anilines is 1. The Labute approximate surface area is 213 Å². The fourth-order valence-corrected chi connectivity index (χ4v) is 7.69. The van der Waals surface area contributed by atoms with Crippen LogP contribution in [0.3, 0.4) is 0 Å². The number of hydrogen-bond donors (Lipinski definition) is 1. The van der Waals surface area contributed by atoms with E-state index in [1.807, 2.05) is 0 Å². The molecule has 1 aromatic heterocycles. The molecule has 0 spiro atoms. The van der Waals surface area contributed by atoms with Crippen LogP contribution in [0.25, 0.3) is 0 Å². The largest absolute Gasteiger partial charge is 0.501 e. The highest BCUT2D eigenvalue weighted by molar-refractivity contribution is 7.92. The monoisotopic (exact) mass is 563 g/mol. The van der Waals surface area contributed by atoms with Crippen LogP contribution in [0.1, 0.15) is 17.7 Å². The summed E-state index contributed by atoms with van der Waals surface area (Å²) in [5.74, 6) is 0. The maximum absolute atomic E-state index is 13.1. The van der Waals surface area contributed by atoms with Crippen molar-refractivity contribution in [2.75, 3.05) is 31.5 Å². The summed E-state index contributed by atoms with van der Waals surface area (Å²) in [7, 11) is -9.13. The molecular weight excluding hydrogens is 535 g/mol. The number of rotatable bonds is 11. The van der Waals surface area contributed by atoms with Crippen LogP contribution >= 0.6 is 11.3 Å². The lowest BCUT2D eigenvalue weighted by molar-refractivity contribution is -0.0436. The summed E-state index contributed by atoms with van der Waals surface area (Å²) >= 11 is 1.22. The molecule has 36 heavy (non-hydrogen) atoms. The van der Waals surface area contributed by atoms with E-state index in [1.54, 1.807) is 24.3 Å². The third-order valence-electron chi connectivity index (χ3n) is 5.66. The number of benzene rings is 1. The zero-order chi connectivity index (χ0) is 26.6. The molecule has 7 nitrogen and oxygen atoms in total. The van der Waals surface area contributed by atoms with Gasteiger partial charge in [-0.25, -0.2) is 16.8 Å². The molecule has 1 aliphatic heterocycles. The van der Waals surface area contributed by atoms with Gasteiger partial charge in [0.05, 0.1) is 4.90 Å². The van der Waals surface area contributed by atoms with Gasteiger partial charge in [0.15, 0.2) is 0 Å². The van der Waals surface area contributed by atoms with Gasteiger partial charge >= 0.3 is 5.51 Å². The summed E-state index contributed by atoms with van der Waals surface area (Å²) in [5.41, 5.74) is -5.16. The van der Waals surface area contributed by atoms with E-state index in [0.29, 0.717) is 32.5 Å².